The molecule has 2 N–H and O–H groups in total. The summed E-state index contributed by atoms with van der Waals surface area (Å²) in [6, 6.07) is 0. The molecule has 2 rings (SSSR count). The van der Waals surface area contributed by atoms with Gasteiger partial charge in [-0.1, -0.05) is 23.4 Å². The summed E-state index contributed by atoms with van der Waals surface area (Å²) in [5, 5.41) is 0.738. The van der Waals surface area contributed by atoms with Crippen LogP contribution in [0.1, 0.15) is 4.88 Å². The van der Waals surface area contributed by atoms with E-state index in [2.05, 4.69) is 15.0 Å². The Hall–Kier alpha value is -0.850. The summed E-state index contributed by atoms with van der Waals surface area (Å²) in [6.07, 6.45) is 4.95. The fourth-order valence-electron chi connectivity index (χ4n) is 0.937. The van der Waals surface area contributed by atoms with Crippen molar-refractivity contribution in [2.75, 3.05) is 5.73 Å². The summed E-state index contributed by atoms with van der Waals surface area (Å²) in [7, 11) is 0. The normalized spacial score (nSPS) is 10.5. The van der Waals surface area contributed by atoms with Crippen molar-refractivity contribution in [3.63, 3.8) is 0 Å². The Kier molecular flexibility index (Phi) is 3.40. The van der Waals surface area contributed by atoms with Crippen LogP contribution >= 0.6 is 34.7 Å². The van der Waals surface area contributed by atoms with E-state index in [1.807, 2.05) is 0 Å². The van der Waals surface area contributed by atoms with Crippen molar-refractivity contribution in [1.29, 1.82) is 0 Å². The first kappa shape index (κ1) is 10.7. The van der Waals surface area contributed by atoms with Gasteiger partial charge in [-0.2, -0.15) is 0 Å². The molecule has 2 aromatic heterocycles. The Labute approximate surface area is 99.9 Å². The third-order valence-electron chi connectivity index (χ3n) is 1.57. The minimum absolute atomic E-state index is 0.457. The van der Waals surface area contributed by atoms with Crippen molar-refractivity contribution in [3.8, 4) is 0 Å². The average Bonchev–Trinajstić information content (AvgIpc) is 2.63. The molecule has 4 nitrogen and oxygen atoms in total. The van der Waals surface area contributed by atoms with Crippen molar-refractivity contribution in [2.24, 2.45) is 0 Å². The van der Waals surface area contributed by atoms with Crippen molar-refractivity contribution in [1.82, 2.24) is 15.0 Å². The van der Waals surface area contributed by atoms with Crippen LogP contribution in [0.2, 0.25) is 4.47 Å². The molecule has 0 aromatic carbocycles. The number of rotatable bonds is 3. The van der Waals surface area contributed by atoms with E-state index in [1.54, 1.807) is 18.6 Å². The van der Waals surface area contributed by atoms with Gasteiger partial charge >= 0.3 is 0 Å². The number of halogens is 1. The highest BCUT2D eigenvalue weighted by atomic mass is 35.5. The van der Waals surface area contributed by atoms with Gasteiger partial charge in [-0.15, -0.1) is 11.3 Å². The predicted molar refractivity (Wildman–Crippen MR) is 63.1 cm³/mol. The van der Waals surface area contributed by atoms with Gasteiger partial charge in [0.2, 0.25) is 0 Å². The largest absolute Gasteiger partial charge is 0.381 e. The van der Waals surface area contributed by atoms with E-state index in [-0.39, 0.29) is 0 Å². The van der Waals surface area contributed by atoms with Crippen LogP contribution in [-0.2, 0) is 5.75 Å². The number of nitrogens with zero attached hydrogens (tertiary/aromatic N) is 3. The molecule has 0 unspecified atom stereocenters. The fraction of sp³-hybridized carbons (Fsp3) is 0.125. The van der Waals surface area contributed by atoms with Gasteiger partial charge in [-0.05, 0) is 0 Å². The molecule has 0 aliphatic rings. The molecule has 0 amide bonds. The standard InChI is InChI=1S/C8H7ClN4S2/c9-8-13-3-5(15-8)4-14-7-6(10)11-1-2-12-7/h1-3H,4H2,(H2,10,11). The van der Waals surface area contributed by atoms with Crippen molar-refractivity contribution < 1.29 is 0 Å². The Morgan fingerprint density at radius 3 is 2.80 bits per heavy atom. The van der Waals surface area contributed by atoms with Gasteiger partial charge in [0.05, 0.1) is 0 Å². The lowest BCUT2D eigenvalue weighted by Gasteiger charge is -2.00. The lowest BCUT2D eigenvalue weighted by atomic mass is 10.6. The summed E-state index contributed by atoms with van der Waals surface area (Å²) in [6.45, 7) is 0. The molecule has 0 bridgehead atoms. The zero-order chi connectivity index (χ0) is 10.7. The predicted octanol–water partition coefficient (Wildman–Crippen LogP) is 2.46. The monoisotopic (exact) mass is 258 g/mol. The second-order valence-electron chi connectivity index (χ2n) is 2.61. The molecule has 0 saturated carbocycles. The first-order valence-electron chi connectivity index (χ1n) is 4.05. The minimum atomic E-state index is 0.457. The molecule has 2 aromatic rings. The number of aromatic nitrogens is 3. The maximum Gasteiger partial charge on any atom is 0.183 e. The second kappa shape index (κ2) is 4.78. The van der Waals surface area contributed by atoms with E-state index >= 15 is 0 Å². The van der Waals surface area contributed by atoms with E-state index in [1.165, 1.54) is 23.1 Å². The van der Waals surface area contributed by atoms with E-state index in [4.69, 9.17) is 17.3 Å². The molecule has 0 radical (unpaired) electrons. The summed E-state index contributed by atoms with van der Waals surface area (Å²) in [5.74, 6) is 1.21. The summed E-state index contributed by atoms with van der Waals surface area (Å²) in [4.78, 5) is 13.1. The zero-order valence-corrected chi connectivity index (χ0v) is 9.94. The van der Waals surface area contributed by atoms with Crippen LogP contribution < -0.4 is 5.73 Å². The van der Waals surface area contributed by atoms with Crippen LogP contribution in [0.5, 0.6) is 0 Å². The fourth-order valence-corrected chi connectivity index (χ4v) is 2.81. The summed E-state index contributed by atoms with van der Waals surface area (Å²) in [5.41, 5.74) is 5.66. The maximum atomic E-state index is 5.72. The number of thioether (sulfide) groups is 1. The zero-order valence-electron chi connectivity index (χ0n) is 7.55. The average molecular weight is 259 g/mol. The van der Waals surface area contributed by atoms with Gasteiger partial charge in [0.25, 0.3) is 0 Å². The van der Waals surface area contributed by atoms with Crippen LogP contribution in [0.4, 0.5) is 5.82 Å². The second-order valence-corrected chi connectivity index (χ2v) is 5.28. The molecule has 0 spiro atoms. The smallest absolute Gasteiger partial charge is 0.183 e. The molecule has 0 atom stereocenters. The van der Waals surface area contributed by atoms with Crippen LogP contribution in [0.15, 0.2) is 23.6 Å². The molecule has 78 valence electrons. The molecule has 7 heteroatoms. The van der Waals surface area contributed by atoms with Gasteiger partial charge in [0.15, 0.2) is 10.3 Å². The topological polar surface area (TPSA) is 64.7 Å². The summed E-state index contributed by atoms with van der Waals surface area (Å²) < 4.78 is 0.553. The number of nitrogens with two attached hydrogens (primary N) is 1. The minimum Gasteiger partial charge on any atom is -0.381 e. The van der Waals surface area contributed by atoms with Gasteiger partial charge in [-0.25, -0.2) is 15.0 Å². The molecule has 0 saturated heterocycles. The van der Waals surface area contributed by atoms with E-state index in [0.717, 1.165) is 15.7 Å². The first-order chi connectivity index (χ1) is 7.25. The van der Waals surface area contributed by atoms with E-state index in [9.17, 15) is 0 Å². The van der Waals surface area contributed by atoms with Crippen LogP contribution in [0, 0.1) is 0 Å². The van der Waals surface area contributed by atoms with Crippen LogP contribution in [0.25, 0.3) is 0 Å². The van der Waals surface area contributed by atoms with Gasteiger partial charge in [0.1, 0.15) is 5.03 Å². The van der Waals surface area contributed by atoms with Crippen LogP contribution in [-0.4, -0.2) is 15.0 Å². The first-order valence-corrected chi connectivity index (χ1v) is 6.23. The lowest BCUT2D eigenvalue weighted by Crippen LogP contribution is -1.94. The third-order valence-corrected chi connectivity index (χ3v) is 3.91. The molecule has 0 fully saturated rings. The van der Waals surface area contributed by atoms with Gasteiger partial charge in [0, 0.05) is 29.2 Å². The molecule has 0 aliphatic heterocycles. The third kappa shape index (κ3) is 2.80. The Morgan fingerprint density at radius 1 is 1.33 bits per heavy atom. The Bertz CT molecular complexity index is 459. The highest BCUT2D eigenvalue weighted by Crippen LogP contribution is 2.27. The lowest BCUT2D eigenvalue weighted by molar-refractivity contribution is 1.07. The number of hydrogen-bond acceptors (Lipinski definition) is 6. The molecular formula is C8H7ClN4S2. The van der Waals surface area contributed by atoms with Crippen molar-refractivity contribution in [2.45, 2.75) is 10.8 Å². The number of thiazole rings is 1. The van der Waals surface area contributed by atoms with Crippen molar-refractivity contribution >= 4 is 40.5 Å². The highest BCUT2D eigenvalue weighted by molar-refractivity contribution is 7.98. The SMILES string of the molecule is Nc1nccnc1SCc1cnc(Cl)s1. The summed E-state index contributed by atoms with van der Waals surface area (Å²) >= 11 is 8.70. The van der Waals surface area contributed by atoms with Crippen LogP contribution in [0.3, 0.4) is 0 Å². The van der Waals surface area contributed by atoms with Gasteiger partial charge in [-0.3, -0.25) is 0 Å². The van der Waals surface area contributed by atoms with E-state index < -0.39 is 0 Å². The molecule has 0 aliphatic carbocycles. The molecule has 15 heavy (non-hydrogen) atoms. The highest BCUT2D eigenvalue weighted by Gasteiger charge is 2.04. The number of anilines is 1. The molecule has 2 heterocycles. The Balaban J connectivity index is 2.02. The number of hydrogen-bond donors (Lipinski definition) is 1. The van der Waals surface area contributed by atoms with E-state index in [0.29, 0.717) is 10.3 Å². The maximum absolute atomic E-state index is 5.72. The quantitative estimate of drug-likeness (QED) is 0.857. The van der Waals surface area contributed by atoms with Crippen molar-refractivity contribution in [3.05, 3.63) is 27.9 Å². The van der Waals surface area contributed by atoms with Gasteiger partial charge < -0.3 is 5.73 Å². The number of nitrogen functional groups attached to an aromatic ring is 1. The molecular weight excluding hydrogens is 252 g/mol. The Morgan fingerprint density at radius 2 is 2.13 bits per heavy atom.